The average Bonchev–Trinajstić information content (AvgIpc) is 3.97. The van der Waals surface area contributed by atoms with E-state index in [1.54, 1.807) is 0 Å². The lowest BCUT2D eigenvalue weighted by Gasteiger charge is -2.30. The molecule has 0 unspecified atom stereocenters. The van der Waals surface area contributed by atoms with Crippen LogP contribution in [0.3, 0.4) is 0 Å². The Morgan fingerprint density at radius 3 is 1.68 bits per heavy atom. The van der Waals surface area contributed by atoms with Gasteiger partial charge in [-0.3, -0.25) is 0 Å². The van der Waals surface area contributed by atoms with Gasteiger partial charge in [-0.15, -0.1) is 0 Å². The minimum Gasteiger partial charge on any atom is -0.454 e. The summed E-state index contributed by atoms with van der Waals surface area (Å²) in [5.74, 6) is 0. The van der Waals surface area contributed by atoms with Crippen molar-refractivity contribution in [3.63, 3.8) is 0 Å². The summed E-state index contributed by atoms with van der Waals surface area (Å²) < 4.78 is 7.16. The van der Waals surface area contributed by atoms with Crippen molar-refractivity contribution >= 4 is 49.8 Å². The van der Waals surface area contributed by atoms with Gasteiger partial charge in [0.15, 0.2) is 5.58 Å². The molecule has 0 aliphatic heterocycles. The van der Waals surface area contributed by atoms with Gasteiger partial charge in [-0.25, -0.2) is 0 Å². The molecule has 9 aromatic carbocycles. The highest BCUT2D eigenvalue weighted by Gasteiger charge is 2.40. The summed E-state index contributed by atoms with van der Waals surface area (Å²) >= 11 is 0. The van der Waals surface area contributed by atoms with Gasteiger partial charge in [0.1, 0.15) is 5.58 Å². The van der Waals surface area contributed by atoms with Crippen LogP contribution in [-0.4, -0.2) is 0 Å². The minimum absolute atomic E-state index is 0.142. The summed E-state index contributed by atoms with van der Waals surface area (Å²) in [4.78, 5) is 2.48. The lowest BCUT2D eigenvalue weighted by molar-refractivity contribution is 0.660. The highest BCUT2D eigenvalue weighted by Crippen LogP contribution is 2.57. The van der Waals surface area contributed by atoms with Crippen LogP contribution in [-0.2, 0) is 10.8 Å². The molecule has 0 amide bonds. The van der Waals surface area contributed by atoms with E-state index in [1.165, 1.54) is 88.7 Å². The van der Waals surface area contributed by atoms with E-state index >= 15 is 0 Å². The fourth-order valence-corrected chi connectivity index (χ4v) is 11.4. The molecule has 0 radical (unpaired) electrons. The molecule has 2 heteroatoms. The zero-order valence-electron chi connectivity index (χ0n) is 34.1. The van der Waals surface area contributed by atoms with Crippen molar-refractivity contribution in [3.05, 3.63) is 198 Å². The van der Waals surface area contributed by atoms with Crippen molar-refractivity contribution < 1.29 is 4.42 Å². The van der Waals surface area contributed by atoms with E-state index in [2.05, 4.69) is 209 Å². The predicted molar refractivity (Wildman–Crippen MR) is 251 cm³/mol. The molecule has 10 aromatic rings. The Bertz CT molecular complexity index is 3480. The summed E-state index contributed by atoms with van der Waals surface area (Å²) in [7, 11) is 0. The van der Waals surface area contributed by atoms with Crippen LogP contribution in [0.5, 0.6) is 0 Å². The van der Waals surface area contributed by atoms with E-state index < -0.39 is 0 Å². The van der Waals surface area contributed by atoms with Gasteiger partial charge in [-0.1, -0.05) is 173 Å². The Morgan fingerprint density at radius 1 is 0.367 bits per heavy atom. The Hall–Kier alpha value is -7.16. The molecule has 0 bridgehead atoms. The largest absolute Gasteiger partial charge is 0.454 e. The molecule has 0 saturated heterocycles. The summed E-state index contributed by atoms with van der Waals surface area (Å²) in [5, 5.41) is 4.84. The lowest BCUT2D eigenvalue weighted by atomic mass is 9.82. The Kier molecular flexibility index (Phi) is 6.61. The summed E-state index contributed by atoms with van der Waals surface area (Å²) in [5.41, 5.74) is 23.0. The Balaban J connectivity index is 1.08. The molecule has 0 fully saturated rings. The van der Waals surface area contributed by atoms with Crippen LogP contribution in [0.1, 0.15) is 49.9 Å². The van der Waals surface area contributed by atoms with Crippen molar-refractivity contribution in [2.45, 2.75) is 38.5 Å². The van der Waals surface area contributed by atoms with Crippen LogP contribution in [0.4, 0.5) is 17.1 Å². The van der Waals surface area contributed by atoms with Gasteiger partial charge < -0.3 is 9.32 Å². The second-order valence-electron chi connectivity index (χ2n) is 18.0. The maximum Gasteiger partial charge on any atom is 0.159 e. The van der Waals surface area contributed by atoms with Crippen LogP contribution < -0.4 is 4.90 Å². The molecule has 0 N–H and O–H groups in total. The third-order valence-electron chi connectivity index (χ3n) is 14.2. The van der Waals surface area contributed by atoms with Gasteiger partial charge >= 0.3 is 0 Å². The van der Waals surface area contributed by atoms with E-state index in [9.17, 15) is 0 Å². The normalized spacial score (nSPS) is 14.6. The van der Waals surface area contributed by atoms with E-state index in [1.807, 2.05) is 0 Å². The first kappa shape index (κ1) is 33.8. The van der Waals surface area contributed by atoms with Crippen molar-refractivity contribution in [3.8, 4) is 55.6 Å². The van der Waals surface area contributed by atoms with E-state index in [0.29, 0.717) is 0 Å². The van der Waals surface area contributed by atoms with Crippen LogP contribution >= 0.6 is 0 Å². The highest BCUT2D eigenvalue weighted by atomic mass is 16.3. The summed E-state index contributed by atoms with van der Waals surface area (Å²) in [6.07, 6.45) is 0. The topological polar surface area (TPSA) is 16.4 Å². The van der Waals surface area contributed by atoms with E-state index in [-0.39, 0.29) is 10.8 Å². The fraction of sp³-hybridized carbons (Fsp3) is 0.103. The third-order valence-corrected chi connectivity index (χ3v) is 14.2. The smallest absolute Gasteiger partial charge is 0.159 e. The molecular weight excluding hydrogens is 727 g/mol. The molecule has 0 spiro atoms. The molecule has 284 valence electrons. The summed E-state index contributed by atoms with van der Waals surface area (Å²) in [6, 6.07) is 65.4. The number of hydrogen-bond donors (Lipinski definition) is 0. The predicted octanol–water partition coefficient (Wildman–Crippen LogP) is 16.1. The lowest BCUT2D eigenvalue weighted by Crippen LogP contribution is -2.17. The van der Waals surface area contributed by atoms with Crippen molar-refractivity contribution in [2.24, 2.45) is 0 Å². The number of rotatable bonds is 4. The van der Waals surface area contributed by atoms with Gasteiger partial charge in [-0.05, 0) is 113 Å². The molecule has 1 heterocycles. The number of hydrogen-bond acceptors (Lipinski definition) is 2. The van der Waals surface area contributed by atoms with Gasteiger partial charge in [0.2, 0.25) is 0 Å². The first-order chi connectivity index (χ1) is 29.3. The number of fused-ring (bicyclic) bond motifs is 12. The zero-order valence-corrected chi connectivity index (χ0v) is 34.1. The number of furan rings is 1. The molecule has 1 aromatic heterocycles. The van der Waals surface area contributed by atoms with Crippen molar-refractivity contribution in [2.75, 3.05) is 4.90 Å². The standard InChI is InChI=1S/C58H41NO/c1-57(2)47-24-10-8-18-44(47)55-48(57)25-14-26-50(55)59(34-29-30-39-38-17-7-9-23-46(38)58(3,4)49(39)33-34)51-27-12-22-45-54-42(21-13-28-52(54)60-56(45)51)37-31-32-43-36-16-6-5-15-35(36)40-19-11-20-41(37)53(40)43/h5-33H,1-4H3. The SMILES string of the molecule is CC1(C)c2ccccc2-c2ccc(N(c3cccc4c3-c3ccccc3C4(C)C)c3cccc4c3oc3cccc(-c5ccc6c7c(cccc57)-c5ccccc5-6)c34)cc21. The van der Waals surface area contributed by atoms with E-state index in [4.69, 9.17) is 4.42 Å². The third kappa shape index (κ3) is 4.28. The number of nitrogens with zero attached hydrogens (tertiary/aromatic N) is 1. The molecule has 3 aliphatic rings. The Morgan fingerprint density at radius 2 is 0.883 bits per heavy atom. The molecule has 13 rings (SSSR count). The number of benzene rings is 9. The molecule has 0 saturated carbocycles. The fourth-order valence-electron chi connectivity index (χ4n) is 11.4. The first-order valence-electron chi connectivity index (χ1n) is 21.2. The Labute approximate surface area is 350 Å². The average molecular weight is 768 g/mol. The molecule has 2 nitrogen and oxygen atoms in total. The highest BCUT2D eigenvalue weighted by molar-refractivity contribution is 6.23. The van der Waals surface area contributed by atoms with Gasteiger partial charge in [0.05, 0.1) is 11.4 Å². The van der Waals surface area contributed by atoms with E-state index in [0.717, 1.165) is 39.0 Å². The first-order valence-corrected chi connectivity index (χ1v) is 21.2. The minimum atomic E-state index is -0.151. The zero-order chi connectivity index (χ0) is 40.1. The van der Waals surface area contributed by atoms with Crippen LogP contribution in [0, 0.1) is 0 Å². The second-order valence-corrected chi connectivity index (χ2v) is 18.0. The van der Waals surface area contributed by atoms with Crippen LogP contribution in [0.15, 0.2) is 180 Å². The van der Waals surface area contributed by atoms with Crippen molar-refractivity contribution in [1.29, 1.82) is 0 Å². The second kappa shape index (κ2) is 11.7. The molecule has 3 aliphatic carbocycles. The molecular formula is C58H41NO. The van der Waals surface area contributed by atoms with Crippen LogP contribution in [0.25, 0.3) is 88.3 Å². The van der Waals surface area contributed by atoms with Gasteiger partial charge in [0.25, 0.3) is 0 Å². The quantitative estimate of drug-likeness (QED) is 0.177. The van der Waals surface area contributed by atoms with Gasteiger partial charge in [-0.2, -0.15) is 0 Å². The maximum absolute atomic E-state index is 7.16. The molecule has 60 heavy (non-hydrogen) atoms. The number of anilines is 3. The maximum atomic E-state index is 7.16. The monoisotopic (exact) mass is 767 g/mol. The van der Waals surface area contributed by atoms with Crippen molar-refractivity contribution in [1.82, 2.24) is 0 Å². The number of para-hydroxylation sites is 1. The van der Waals surface area contributed by atoms with Gasteiger partial charge in [0, 0.05) is 32.9 Å². The molecule has 0 atom stereocenters. The van der Waals surface area contributed by atoms with Crippen LogP contribution in [0.2, 0.25) is 0 Å². The summed E-state index contributed by atoms with van der Waals surface area (Å²) in [6.45, 7) is 9.46.